The Morgan fingerprint density at radius 1 is 0.487 bits per heavy atom. The van der Waals surface area contributed by atoms with Gasteiger partial charge in [0, 0.05) is 31.9 Å². The fourth-order valence-corrected chi connectivity index (χ4v) is 6.80. The van der Waals surface area contributed by atoms with E-state index in [-0.39, 0.29) is 0 Å². The maximum atomic E-state index is 6.22. The summed E-state index contributed by atoms with van der Waals surface area (Å²) >= 11 is 1.84. The SMILES string of the molecule is c1ccc(-c2cc(Nc3cccc4c3sc3ccccc34)ccc2-c2ccc3c(c2)oc2ccccc23)cc1. The van der Waals surface area contributed by atoms with E-state index in [2.05, 4.69) is 127 Å². The van der Waals surface area contributed by atoms with Gasteiger partial charge in [0.15, 0.2) is 0 Å². The van der Waals surface area contributed by atoms with Crippen molar-refractivity contribution in [3.63, 3.8) is 0 Å². The van der Waals surface area contributed by atoms with E-state index in [0.29, 0.717) is 0 Å². The van der Waals surface area contributed by atoms with Gasteiger partial charge in [-0.25, -0.2) is 0 Å². The van der Waals surface area contributed by atoms with Gasteiger partial charge in [-0.3, -0.25) is 0 Å². The van der Waals surface area contributed by atoms with Crippen molar-refractivity contribution in [1.82, 2.24) is 0 Å². The van der Waals surface area contributed by atoms with E-state index < -0.39 is 0 Å². The number of anilines is 2. The number of benzene rings is 6. The van der Waals surface area contributed by atoms with E-state index in [1.54, 1.807) is 0 Å². The third-order valence-electron chi connectivity index (χ3n) is 7.48. The fraction of sp³-hybridized carbons (Fsp3) is 0. The summed E-state index contributed by atoms with van der Waals surface area (Å²) in [5, 5.41) is 8.63. The summed E-state index contributed by atoms with van der Waals surface area (Å²) in [5.74, 6) is 0. The van der Waals surface area contributed by atoms with Gasteiger partial charge >= 0.3 is 0 Å². The molecule has 0 unspecified atom stereocenters. The molecule has 0 radical (unpaired) electrons. The minimum atomic E-state index is 0.909. The molecule has 0 aliphatic heterocycles. The van der Waals surface area contributed by atoms with Crippen LogP contribution in [0.4, 0.5) is 11.4 Å². The van der Waals surface area contributed by atoms with Crippen molar-refractivity contribution in [2.75, 3.05) is 5.32 Å². The highest BCUT2D eigenvalue weighted by molar-refractivity contribution is 7.26. The predicted molar refractivity (Wildman–Crippen MR) is 167 cm³/mol. The minimum absolute atomic E-state index is 0.909. The topological polar surface area (TPSA) is 25.2 Å². The second-order valence-corrected chi connectivity index (χ2v) is 10.9. The molecule has 0 aliphatic rings. The number of furan rings is 1. The predicted octanol–water partition coefficient (Wildman–Crippen LogP) is 11.0. The molecule has 0 saturated carbocycles. The summed E-state index contributed by atoms with van der Waals surface area (Å²) < 4.78 is 8.80. The van der Waals surface area contributed by atoms with Crippen LogP contribution in [0.25, 0.3) is 64.4 Å². The van der Waals surface area contributed by atoms with Gasteiger partial charge in [-0.1, -0.05) is 91.0 Å². The van der Waals surface area contributed by atoms with Crippen molar-refractivity contribution in [3.8, 4) is 22.3 Å². The third-order valence-corrected chi connectivity index (χ3v) is 8.70. The number of thiophene rings is 1. The molecule has 1 N–H and O–H groups in total. The van der Waals surface area contributed by atoms with Crippen molar-refractivity contribution in [2.24, 2.45) is 0 Å². The van der Waals surface area contributed by atoms with E-state index in [0.717, 1.165) is 38.9 Å². The van der Waals surface area contributed by atoms with E-state index in [9.17, 15) is 0 Å². The van der Waals surface area contributed by atoms with Gasteiger partial charge in [0.2, 0.25) is 0 Å². The zero-order valence-electron chi connectivity index (χ0n) is 21.0. The molecule has 3 heteroatoms. The fourth-order valence-electron chi connectivity index (χ4n) is 5.62. The van der Waals surface area contributed by atoms with Crippen molar-refractivity contribution in [3.05, 3.63) is 133 Å². The minimum Gasteiger partial charge on any atom is -0.456 e. The van der Waals surface area contributed by atoms with Crippen LogP contribution < -0.4 is 5.32 Å². The van der Waals surface area contributed by atoms with Gasteiger partial charge in [0.25, 0.3) is 0 Å². The summed E-state index contributed by atoms with van der Waals surface area (Å²) in [7, 11) is 0. The van der Waals surface area contributed by atoms with Crippen LogP contribution >= 0.6 is 11.3 Å². The first-order chi connectivity index (χ1) is 19.3. The van der Waals surface area contributed by atoms with Crippen LogP contribution in [0.5, 0.6) is 0 Å². The normalized spacial score (nSPS) is 11.6. The second kappa shape index (κ2) is 8.87. The van der Waals surface area contributed by atoms with Gasteiger partial charge in [0.05, 0.1) is 10.4 Å². The first kappa shape index (κ1) is 22.2. The summed E-state index contributed by atoms with van der Waals surface area (Å²) in [6.45, 7) is 0. The lowest BCUT2D eigenvalue weighted by Gasteiger charge is -2.15. The van der Waals surface area contributed by atoms with Crippen LogP contribution in [-0.2, 0) is 0 Å². The molecule has 8 rings (SSSR count). The largest absolute Gasteiger partial charge is 0.456 e. The Hall–Kier alpha value is -4.86. The van der Waals surface area contributed by atoms with Crippen molar-refractivity contribution >= 4 is 64.8 Å². The molecule has 0 spiro atoms. The van der Waals surface area contributed by atoms with Crippen LogP contribution in [-0.4, -0.2) is 0 Å². The summed E-state index contributed by atoms with van der Waals surface area (Å²) in [4.78, 5) is 0. The van der Waals surface area contributed by atoms with Crippen LogP contribution in [0.3, 0.4) is 0 Å². The third kappa shape index (κ3) is 3.70. The quantitative estimate of drug-likeness (QED) is 0.251. The molecule has 8 aromatic rings. The monoisotopic (exact) mass is 517 g/mol. The Morgan fingerprint density at radius 2 is 1.26 bits per heavy atom. The lowest BCUT2D eigenvalue weighted by molar-refractivity contribution is 0.669. The zero-order valence-corrected chi connectivity index (χ0v) is 21.8. The summed E-state index contributed by atoms with van der Waals surface area (Å²) in [6, 6.07) is 47.2. The smallest absolute Gasteiger partial charge is 0.136 e. The zero-order chi connectivity index (χ0) is 25.8. The molecular formula is C36H23NOS. The van der Waals surface area contributed by atoms with Crippen LogP contribution in [0, 0.1) is 0 Å². The van der Waals surface area contributed by atoms with Crippen molar-refractivity contribution in [2.45, 2.75) is 0 Å². The Morgan fingerprint density at radius 3 is 2.18 bits per heavy atom. The van der Waals surface area contributed by atoms with Gasteiger partial charge < -0.3 is 9.73 Å². The number of rotatable bonds is 4. The highest BCUT2D eigenvalue weighted by Crippen LogP contribution is 2.41. The van der Waals surface area contributed by atoms with Crippen LogP contribution in [0.1, 0.15) is 0 Å². The molecule has 6 aromatic carbocycles. The van der Waals surface area contributed by atoms with E-state index in [1.807, 2.05) is 23.5 Å². The number of hydrogen-bond acceptors (Lipinski definition) is 3. The lowest BCUT2D eigenvalue weighted by Crippen LogP contribution is -1.93. The maximum Gasteiger partial charge on any atom is 0.136 e. The Kier molecular flexibility index (Phi) is 5.04. The molecule has 0 aliphatic carbocycles. The molecule has 0 saturated heterocycles. The molecule has 2 nitrogen and oxygen atoms in total. The standard InChI is InChI=1S/C36H23NOS/c1-2-9-23(10-3-1)31-22-25(37-32-14-8-13-30-29-12-5-7-16-35(29)39-36(30)32)18-20-26(31)24-17-19-28-27-11-4-6-15-33(27)38-34(28)21-24/h1-22,37H. The average molecular weight is 518 g/mol. The molecule has 184 valence electrons. The summed E-state index contributed by atoms with van der Waals surface area (Å²) in [6.07, 6.45) is 0. The van der Waals surface area contributed by atoms with Gasteiger partial charge in [-0.05, 0) is 64.7 Å². The lowest BCUT2D eigenvalue weighted by atomic mass is 9.93. The number of hydrogen-bond donors (Lipinski definition) is 1. The number of para-hydroxylation sites is 1. The van der Waals surface area contributed by atoms with E-state index in [1.165, 1.54) is 36.9 Å². The second-order valence-electron chi connectivity index (χ2n) is 9.84. The van der Waals surface area contributed by atoms with Crippen molar-refractivity contribution in [1.29, 1.82) is 0 Å². The van der Waals surface area contributed by atoms with Crippen LogP contribution in [0.15, 0.2) is 138 Å². The molecule has 0 bridgehead atoms. The number of fused-ring (bicyclic) bond motifs is 6. The van der Waals surface area contributed by atoms with Gasteiger partial charge in [-0.15, -0.1) is 11.3 Å². The molecule has 2 aromatic heterocycles. The first-order valence-corrected chi connectivity index (χ1v) is 13.9. The van der Waals surface area contributed by atoms with Gasteiger partial charge in [-0.2, -0.15) is 0 Å². The van der Waals surface area contributed by atoms with E-state index in [4.69, 9.17) is 4.42 Å². The van der Waals surface area contributed by atoms with Crippen molar-refractivity contribution < 1.29 is 4.42 Å². The molecule has 2 heterocycles. The van der Waals surface area contributed by atoms with E-state index >= 15 is 0 Å². The Labute approximate surface area is 229 Å². The highest BCUT2D eigenvalue weighted by atomic mass is 32.1. The Balaban J connectivity index is 1.26. The maximum absolute atomic E-state index is 6.22. The van der Waals surface area contributed by atoms with Gasteiger partial charge in [0.1, 0.15) is 11.2 Å². The molecule has 0 atom stereocenters. The van der Waals surface area contributed by atoms with Crippen LogP contribution in [0.2, 0.25) is 0 Å². The average Bonchev–Trinajstić information content (AvgIpc) is 3.56. The first-order valence-electron chi connectivity index (χ1n) is 13.1. The molecule has 39 heavy (non-hydrogen) atoms. The molecule has 0 fully saturated rings. The highest BCUT2D eigenvalue weighted by Gasteiger charge is 2.14. The Bertz CT molecular complexity index is 2150. The number of nitrogens with one attached hydrogen (secondary N) is 1. The molecule has 0 amide bonds. The summed E-state index contributed by atoms with van der Waals surface area (Å²) in [5.41, 5.74) is 8.69. The molecular weight excluding hydrogens is 494 g/mol.